The van der Waals surface area contributed by atoms with E-state index in [2.05, 4.69) is 10.3 Å². The zero-order chi connectivity index (χ0) is 20.8. The number of H-pyrrole nitrogens is 1. The van der Waals surface area contributed by atoms with E-state index >= 15 is 0 Å². The smallest absolute Gasteiger partial charge is 0.330 e. The maximum absolute atomic E-state index is 12.0. The normalized spacial score (nSPS) is 24.4. The summed E-state index contributed by atoms with van der Waals surface area (Å²) in [7, 11) is -1.21. The van der Waals surface area contributed by atoms with Gasteiger partial charge in [0.15, 0.2) is 0 Å². The van der Waals surface area contributed by atoms with Crippen molar-refractivity contribution in [1.82, 2.24) is 14.9 Å². The predicted molar refractivity (Wildman–Crippen MR) is 99.9 cm³/mol. The van der Waals surface area contributed by atoms with E-state index in [-0.39, 0.29) is 17.7 Å². The molecule has 1 aromatic rings. The standard InChI is InChI=1S/C16H23N3O8S/c1-28(26)8-10(6-20)17-13(23)3-2-9-5-19(16(25)18-15(9)24)14-4-11(22)12(7-21)27-14/h2-3,5,10-12,14,20-22H,4,6-8H2,1H3,(H,17,23)(H,18,24,25)/b3-2+/t10?,11-,12+,14+,28?/m0/s1. The molecule has 1 saturated heterocycles. The molecule has 28 heavy (non-hydrogen) atoms. The van der Waals surface area contributed by atoms with Gasteiger partial charge in [-0.2, -0.15) is 0 Å². The molecule has 0 spiro atoms. The van der Waals surface area contributed by atoms with Crippen LogP contribution in [0.2, 0.25) is 0 Å². The number of aromatic nitrogens is 2. The minimum atomic E-state index is -1.21. The van der Waals surface area contributed by atoms with Crippen molar-refractivity contribution in [3.63, 3.8) is 0 Å². The number of aliphatic hydroxyl groups is 3. The van der Waals surface area contributed by atoms with Gasteiger partial charge < -0.3 is 25.4 Å². The van der Waals surface area contributed by atoms with E-state index in [1.54, 1.807) is 0 Å². The number of nitrogens with one attached hydrogen (secondary N) is 2. The van der Waals surface area contributed by atoms with E-state index in [1.165, 1.54) is 18.5 Å². The van der Waals surface area contributed by atoms with Gasteiger partial charge in [-0.05, 0) is 6.08 Å². The lowest BCUT2D eigenvalue weighted by molar-refractivity contribution is -0.117. The molecule has 11 nitrogen and oxygen atoms in total. The Kier molecular flexibility index (Phi) is 7.83. The Morgan fingerprint density at radius 3 is 2.79 bits per heavy atom. The zero-order valence-electron chi connectivity index (χ0n) is 15.1. The SMILES string of the molecule is CS(=O)CC(CO)NC(=O)/C=C/c1cn([C@H]2C[C@H](O)[C@@H](CO)O2)c(=O)[nH]c1=O. The molecule has 156 valence electrons. The zero-order valence-corrected chi connectivity index (χ0v) is 15.9. The number of carbonyl (C=O) groups is 1. The highest BCUT2D eigenvalue weighted by Crippen LogP contribution is 2.27. The number of aliphatic hydroxyl groups excluding tert-OH is 3. The van der Waals surface area contributed by atoms with Gasteiger partial charge in [-0.25, -0.2) is 4.79 Å². The molecule has 0 radical (unpaired) electrons. The van der Waals surface area contributed by atoms with E-state index in [9.17, 15) is 28.8 Å². The maximum Gasteiger partial charge on any atom is 0.330 e. The van der Waals surface area contributed by atoms with E-state index in [0.29, 0.717) is 0 Å². The summed E-state index contributed by atoms with van der Waals surface area (Å²) in [5.41, 5.74) is -1.50. The van der Waals surface area contributed by atoms with Crippen LogP contribution in [0.1, 0.15) is 18.2 Å². The van der Waals surface area contributed by atoms with Gasteiger partial charge in [0.1, 0.15) is 12.3 Å². The quantitative estimate of drug-likeness (QED) is 0.279. The van der Waals surface area contributed by atoms with Crippen molar-refractivity contribution in [3.8, 4) is 0 Å². The number of ether oxygens (including phenoxy) is 1. The van der Waals surface area contributed by atoms with E-state index in [4.69, 9.17) is 9.84 Å². The molecule has 1 aromatic heterocycles. The minimum absolute atomic E-state index is 0.0140. The van der Waals surface area contributed by atoms with Crippen LogP contribution in [0.4, 0.5) is 0 Å². The van der Waals surface area contributed by atoms with Gasteiger partial charge in [-0.3, -0.25) is 23.3 Å². The molecule has 2 rings (SSSR count). The lowest BCUT2D eigenvalue weighted by Crippen LogP contribution is -2.40. The Labute approximate surface area is 162 Å². The van der Waals surface area contributed by atoms with Crippen molar-refractivity contribution in [1.29, 1.82) is 0 Å². The third kappa shape index (κ3) is 5.69. The van der Waals surface area contributed by atoms with Crippen LogP contribution >= 0.6 is 0 Å². The number of carbonyl (C=O) groups excluding carboxylic acids is 1. The fraction of sp³-hybridized carbons (Fsp3) is 0.562. The third-order valence-electron chi connectivity index (χ3n) is 4.11. The van der Waals surface area contributed by atoms with Crippen LogP contribution in [-0.4, -0.2) is 78.5 Å². The Balaban J connectivity index is 2.17. The molecule has 0 aliphatic carbocycles. The van der Waals surface area contributed by atoms with Gasteiger partial charge in [0.05, 0.1) is 30.9 Å². The first kappa shape index (κ1) is 22.2. The van der Waals surface area contributed by atoms with Gasteiger partial charge in [0, 0.05) is 41.5 Å². The Morgan fingerprint density at radius 2 is 2.21 bits per heavy atom. The molecule has 0 saturated carbocycles. The summed E-state index contributed by atoms with van der Waals surface area (Å²) < 4.78 is 17.6. The fourth-order valence-electron chi connectivity index (χ4n) is 2.72. The molecular weight excluding hydrogens is 394 g/mol. The van der Waals surface area contributed by atoms with Gasteiger partial charge in [-0.1, -0.05) is 0 Å². The van der Waals surface area contributed by atoms with Crippen LogP contribution in [0.15, 0.2) is 21.9 Å². The lowest BCUT2D eigenvalue weighted by atomic mass is 10.2. The largest absolute Gasteiger partial charge is 0.394 e. The average molecular weight is 417 g/mol. The van der Waals surface area contributed by atoms with Crippen LogP contribution in [0.3, 0.4) is 0 Å². The number of amides is 1. The van der Waals surface area contributed by atoms with Crippen molar-refractivity contribution in [2.45, 2.75) is 30.9 Å². The molecule has 1 aliphatic rings. The highest BCUT2D eigenvalue weighted by molar-refractivity contribution is 7.84. The Bertz CT molecular complexity index is 864. The Morgan fingerprint density at radius 1 is 1.50 bits per heavy atom. The fourth-order valence-corrected chi connectivity index (χ4v) is 3.48. The number of nitrogens with zero attached hydrogens (tertiary/aromatic N) is 1. The molecule has 2 unspecified atom stereocenters. The van der Waals surface area contributed by atoms with Crippen LogP contribution in [-0.2, 0) is 20.3 Å². The van der Waals surface area contributed by atoms with Crippen molar-refractivity contribution in [3.05, 3.63) is 38.7 Å². The van der Waals surface area contributed by atoms with Crippen molar-refractivity contribution in [2.75, 3.05) is 25.2 Å². The van der Waals surface area contributed by atoms with E-state index in [0.717, 1.165) is 10.6 Å². The summed E-state index contributed by atoms with van der Waals surface area (Å²) in [6.07, 6.45) is 2.22. The van der Waals surface area contributed by atoms with Gasteiger partial charge in [0.2, 0.25) is 5.91 Å². The van der Waals surface area contributed by atoms with Crippen LogP contribution in [0, 0.1) is 0 Å². The first-order valence-corrected chi connectivity index (χ1v) is 10.2. The number of hydrogen-bond acceptors (Lipinski definition) is 8. The number of aromatic amines is 1. The summed E-state index contributed by atoms with van der Waals surface area (Å²) in [4.78, 5) is 38.0. The molecule has 1 amide bonds. The molecule has 2 heterocycles. The lowest BCUT2D eigenvalue weighted by Gasteiger charge is -2.15. The van der Waals surface area contributed by atoms with Crippen molar-refractivity contribution < 1.29 is 29.1 Å². The molecule has 1 fully saturated rings. The monoisotopic (exact) mass is 417 g/mol. The second-order valence-corrected chi connectivity index (χ2v) is 7.81. The van der Waals surface area contributed by atoms with E-state index in [1.807, 2.05) is 0 Å². The van der Waals surface area contributed by atoms with Crippen molar-refractivity contribution in [2.24, 2.45) is 0 Å². The highest BCUT2D eigenvalue weighted by Gasteiger charge is 2.35. The summed E-state index contributed by atoms with van der Waals surface area (Å²) in [5.74, 6) is -0.538. The van der Waals surface area contributed by atoms with Gasteiger partial charge in [0.25, 0.3) is 5.56 Å². The molecule has 12 heteroatoms. The summed E-state index contributed by atoms with van der Waals surface area (Å²) in [6, 6.07) is -0.695. The molecule has 0 aromatic carbocycles. The molecule has 0 bridgehead atoms. The highest BCUT2D eigenvalue weighted by atomic mass is 32.2. The number of rotatable bonds is 8. The minimum Gasteiger partial charge on any atom is -0.394 e. The summed E-state index contributed by atoms with van der Waals surface area (Å²) >= 11 is 0. The summed E-state index contributed by atoms with van der Waals surface area (Å²) in [6.45, 7) is -0.810. The average Bonchev–Trinajstić information content (AvgIpc) is 3.00. The van der Waals surface area contributed by atoms with Crippen LogP contribution < -0.4 is 16.6 Å². The van der Waals surface area contributed by atoms with Crippen LogP contribution in [0.25, 0.3) is 6.08 Å². The third-order valence-corrected chi connectivity index (χ3v) is 4.98. The molecule has 5 N–H and O–H groups in total. The molecular formula is C16H23N3O8S. The predicted octanol–water partition coefficient (Wildman–Crippen LogP) is -2.95. The molecule has 1 aliphatic heterocycles. The topological polar surface area (TPSA) is 171 Å². The first-order valence-electron chi connectivity index (χ1n) is 8.44. The van der Waals surface area contributed by atoms with Crippen LogP contribution in [0.5, 0.6) is 0 Å². The van der Waals surface area contributed by atoms with E-state index < -0.39 is 65.6 Å². The second-order valence-electron chi connectivity index (χ2n) is 6.33. The summed E-state index contributed by atoms with van der Waals surface area (Å²) in [5, 5.41) is 30.6. The van der Waals surface area contributed by atoms with Crippen molar-refractivity contribution >= 4 is 22.8 Å². The first-order chi connectivity index (χ1) is 13.2. The Hall–Kier alpha value is -2.12. The second kappa shape index (κ2) is 9.89. The number of hydrogen-bond donors (Lipinski definition) is 5. The van der Waals surface area contributed by atoms with Gasteiger partial charge in [-0.15, -0.1) is 0 Å². The van der Waals surface area contributed by atoms with Gasteiger partial charge >= 0.3 is 5.69 Å². The maximum atomic E-state index is 12.0. The molecule has 5 atom stereocenters.